The molecule has 1 N–H and O–H groups in total. The van der Waals surface area contributed by atoms with Gasteiger partial charge in [0.1, 0.15) is 16.8 Å². The summed E-state index contributed by atoms with van der Waals surface area (Å²) in [5.74, 6) is 1.13. The van der Waals surface area contributed by atoms with Crippen LogP contribution in [0.4, 0.5) is 5.82 Å². The number of aryl methyl sites for hydroxylation is 1. The molecule has 1 aromatic rings. The van der Waals surface area contributed by atoms with Crippen molar-refractivity contribution in [2.24, 2.45) is 5.41 Å². The third-order valence-corrected chi connectivity index (χ3v) is 3.91. The van der Waals surface area contributed by atoms with Gasteiger partial charge in [0.05, 0.1) is 5.56 Å². The van der Waals surface area contributed by atoms with Crippen LogP contribution in [0.3, 0.4) is 0 Å². The van der Waals surface area contributed by atoms with E-state index in [0.717, 1.165) is 6.54 Å². The standard InChI is InChI=1S/C13H18ClN3O/c1-9-16-11(14)10(7-18)12(17-9)15-8-13(2)5-3-4-6-13/h7H,3-6,8H2,1-2H3,(H,15,16,17). The Morgan fingerprint density at radius 2 is 2.06 bits per heavy atom. The van der Waals surface area contributed by atoms with Crippen LogP contribution in [0.1, 0.15) is 48.8 Å². The molecule has 0 spiro atoms. The Hall–Kier alpha value is -1.16. The zero-order chi connectivity index (χ0) is 13.2. The van der Waals surface area contributed by atoms with Gasteiger partial charge in [-0.3, -0.25) is 4.79 Å². The first kappa shape index (κ1) is 13.3. The Morgan fingerprint density at radius 1 is 1.39 bits per heavy atom. The first-order valence-electron chi connectivity index (χ1n) is 6.27. The number of aromatic nitrogens is 2. The van der Waals surface area contributed by atoms with Crippen LogP contribution in [0.5, 0.6) is 0 Å². The third-order valence-electron chi connectivity index (χ3n) is 3.62. The van der Waals surface area contributed by atoms with Crippen molar-refractivity contribution in [2.75, 3.05) is 11.9 Å². The number of aldehydes is 1. The second-order valence-corrected chi connectivity index (χ2v) is 5.67. The zero-order valence-electron chi connectivity index (χ0n) is 10.8. The summed E-state index contributed by atoms with van der Waals surface area (Å²) in [5, 5.41) is 3.48. The minimum Gasteiger partial charge on any atom is -0.369 e. The molecule has 0 aliphatic heterocycles. The summed E-state index contributed by atoms with van der Waals surface area (Å²) < 4.78 is 0. The van der Waals surface area contributed by atoms with Gasteiger partial charge in [-0.15, -0.1) is 0 Å². The molecular formula is C13H18ClN3O. The van der Waals surface area contributed by atoms with Gasteiger partial charge in [-0.2, -0.15) is 0 Å². The molecule has 1 aromatic heterocycles. The van der Waals surface area contributed by atoms with Crippen molar-refractivity contribution in [1.29, 1.82) is 0 Å². The van der Waals surface area contributed by atoms with E-state index in [-0.39, 0.29) is 5.15 Å². The minimum absolute atomic E-state index is 0.219. The summed E-state index contributed by atoms with van der Waals surface area (Å²) in [5.41, 5.74) is 0.648. The fraction of sp³-hybridized carbons (Fsp3) is 0.615. The molecule has 2 rings (SSSR count). The lowest BCUT2D eigenvalue weighted by atomic mass is 9.89. The van der Waals surface area contributed by atoms with E-state index >= 15 is 0 Å². The van der Waals surface area contributed by atoms with Crippen LogP contribution in [0, 0.1) is 12.3 Å². The van der Waals surface area contributed by atoms with Crippen molar-refractivity contribution in [2.45, 2.75) is 39.5 Å². The Kier molecular flexibility index (Phi) is 3.85. The molecule has 4 nitrogen and oxygen atoms in total. The van der Waals surface area contributed by atoms with Crippen LogP contribution in [0.15, 0.2) is 0 Å². The van der Waals surface area contributed by atoms with Crippen LogP contribution >= 0.6 is 11.6 Å². The largest absolute Gasteiger partial charge is 0.369 e. The summed E-state index contributed by atoms with van der Waals surface area (Å²) in [6, 6.07) is 0. The van der Waals surface area contributed by atoms with Gasteiger partial charge >= 0.3 is 0 Å². The van der Waals surface area contributed by atoms with E-state index in [2.05, 4.69) is 22.2 Å². The summed E-state index contributed by atoms with van der Waals surface area (Å²) in [4.78, 5) is 19.3. The monoisotopic (exact) mass is 267 g/mol. The fourth-order valence-corrected chi connectivity index (χ4v) is 2.75. The number of hydrogen-bond acceptors (Lipinski definition) is 4. The molecule has 5 heteroatoms. The minimum atomic E-state index is 0.219. The lowest BCUT2D eigenvalue weighted by Gasteiger charge is -2.24. The highest BCUT2D eigenvalue weighted by Crippen LogP contribution is 2.37. The molecule has 0 atom stereocenters. The maximum absolute atomic E-state index is 11.0. The Balaban J connectivity index is 2.15. The predicted octanol–water partition coefficient (Wildman–Crippen LogP) is 3.24. The van der Waals surface area contributed by atoms with Gasteiger partial charge < -0.3 is 5.32 Å². The topological polar surface area (TPSA) is 54.9 Å². The van der Waals surface area contributed by atoms with Gasteiger partial charge in [-0.25, -0.2) is 9.97 Å². The van der Waals surface area contributed by atoms with Crippen molar-refractivity contribution in [3.63, 3.8) is 0 Å². The number of nitrogens with zero attached hydrogens (tertiary/aromatic N) is 2. The molecule has 0 amide bonds. The maximum Gasteiger partial charge on any atom is 0.156 e. The Morgan fingerprint density at radius 3 is 2.67 bits per heavy atom. The lowest BCUT2D eigenvalue weighted by Crippen LogP contribution is -2.24. The number of anilines is 1. The van der Waals surface area contributed by atoms with Crippen LogP contribution < -0.4 is 5.32 Å². The summed E-state index contributed by atoms with van der Waals surface area (Å²) in [6.07, 6.45) is 5.70. The van der Waals surface area contributed by atoms with Gasteiger partial charge in [0, 0.05) is 6.54 Å². The van der Waals surface area contributed by atoms with Crippen molar-refractivity contribution in [1.82, 2.24) is 9.97 Å². The Labute approximate surface area is 112 Å². The fourth-order valence-electron chi connectivity index (χ4n) is 2.49. The molecule has 1 saturated carbocycles. The van der Waals surface area contributed by atoms with E-state index in [1.165, 1.54) is 25.7 Å². The van der Waals surface area contributed by atoms with Crippen molar-refractivity contribution < 1.29 is 4.79 Å². The molecular weight excluding hydrogens is 250 g/mol. The molecule has 1 aliphatic carbocycles. The molecule has 0 aromatic carbocycles. The molecule has 0 saturated heterocycles. The van der Waals surface area contributed by atoms with Gasteiger partial charge in [-0.1, -0.05) is 31.4 Å². The van der Waals surface area contributed by atoms with Gasteiger partial charge in [-0.05, 0) is 25.2 Å². The molecule has 1 fully saturated rings. The second-order valence-electron chi connectivity index (χ2n) is 5.31. The summed E-state index contributed by atoms with van der Waals surface area (Å²) >= 11 is 5.94. The number of halogens is 1. The number of carbonyl (C=O) groups is 1. The number of nitrogens with one attached hydrogen (secondary N) is 1. The lowest BCUT2D eigenvalue weighted by molar-refractivity contribution is 0.112. The molecule has 18 heavy (non-hydrogen) atoms. The summed E-state index contributed by atoms with van der Waals surface area (Å²) in [6.45, 7) is 4.85. The number of carbonyl (C=O) groups excluding carboxylic acids is 1. The molecule has 98 valence electrons. The highest BCUT2D eigenvalue weighted by molar-refractivity contribution is 6.32. The van der Waals surface area contributed by atoms with E-state index in [4.69, 9.17) is 11.6 Å². The van der Waals surface area contributed by atoms with E-state index in [9.17, 15) is 4.79 Å². The first-order chi connectivity index (χ1) is 8.54. The average molecular weight is 268 g/mol. The van der Waals surface area contributed by atoms with E-state index in [1.807, 2.05) is 0 Å². The molecule has 0 unspecified atom stereocenters. The highest BCUT2D eigenvalue weighted by atomic mass is 35.5. The quantitative estimate of drug-likeness (QED) is 0.672. The van der Waals surface area contributed by atoms with E-state index < -0.39 is 0 Å². The van der Waals surface area contributed by atoms with Crippen molar-refractivity contribution in [3.05, 3.63) is 16.5 Å². The van der Waals surface area contributed by atoms with Crippen molar-refractivity contribution in [3.8, 4) is 0 Å². The van der Waals surface area contributed by atoms with Gasteiger partial charge in [0.25, 0.3) is 0 Å². The predicted molar refractivity (Wildman–Crippen MR) is 72.2 cm³/mol. The average Bonchev–Trinajstić information content (AvgIpc) is 2.73. The summed E-state index contributed by atoms with van der Waals surface area (Å²) in [7, 11) is 0. The van der Waals surface area contributed by atoms with Gasteiger partial charge in [0.15, 0.2) is 6.29 Å². The highest BCUT2D eigenvalue weighted by Gasteiger charge is 2.28. The van der Waals surface area contributed by atoms with E-state index in [1.54, 1.807) is 6.92 Å². The molecule has 1 aliphatic rings. The zero-order valence-corrected chi connectivity index (χ0v) is 11.5. The van der Waals surface area contributed by atoms with Gasteiger partial charge in [0.2, 0.25) is 0 Å². The van der Waals surface area contributed by atoms with Crippen LogP contribution in [0.2, 0.25) is 5.15 Å². The SMILES string of the molecule is Cc1nc(Cl)c(C=O)c(NCC2(C)CCCC2)n1. The third kappa shape index (κ3) is 2.80. The Bertz CT molecular complexity index is 456. The van der Waals surface area contributed by atoms with Crippen LogP contribution in [-0.2, 0) is 0 Å². The molecule has 0 radical (unpaired) electrons. The second kappa shape index (κ2) is 5.22. The smallest absolute Gasteiger partial charge is 0.156 e. The molecule has 1 heterocycles. The van der Waals surface area contributed by atoms with Crippen LogP contribution in [-0.4, -0.2) is 22.8 Å². The first-order valence-corrected chi connectivity index (χ1v) is 6.65. The van der Waals surface area contributed by atoms with Crippen molar-refractivity contribution >= 4 is 23.7 Å². The van der Waals surface area contributed by atoms with E-state index in [0.29, 0.717) is 28.9 Å². The maximum atomic E-state index is 11.0. The molecule has 0 bridgehead atoms. The van der Waals surface area contributed by atoms with Crippen LogP contribution in [0.25, 0.3) is 0 Å². The number of hydrogen-bond donors (Lipinski definition) is 1. The number of rotatable bonds is 4. The normalized spacial score (nSPS) is 17.7.